The van der Waals surface area contributed by atoms with Crippen LogP contribution in [0.15, 0.2) is 42.5 Å². The van der Waals surface area contributed by atoms with E-state index in [2.05, 4.69) is 34.6 Å². The molecule has 0 aromatic heterocycles. The molecule has 2 aromatic rings. The van der Waals surface area contributed by atoms with Gasteiger partial charge in [0.25, 0.3) is 0 Å². The number of nitrogens with zero attached hydrogens (tertiary/aromatic N) is 1. The molecule has 1 saturated heterocycles. The minimum atomic E-state index is 0. The summed E-state index contributed by atoms with van der Waals surface area (Å²) in [6.07, 6.45) is 0.899. The lowest BCUT2D eigenvalue weighted by Crippen LogP contribution is -2.48. The fourth-order valence-corrected chi connectivity index (χ4v) is 3.74. The Balaban J connectivity index is 0.00000261. The SMILES string of the molecule is CCc1cccc(C)c1NC(=O)CN1CCNCC1c1cccc(Cl)c1.Cl. The number of hydrogen-bond donors (Lipinski definition) is 2. The first-order chi connectivity index (χ1) is 12.6. The van der Waals surface area contributed by atoms with Crippen LogP contribution >= 0.6 is 24.0 Å². The number of halogens is 2. The Hall–Kier alpha value is -1.59. The molecule has 1 aliphatic heterocycles. The average Bonchev–Trinajstić information content (AvgIpc) is 2.64. The van der Waals surface area contributed by atoms with E-state index >= 15 is 0 Å². The monoisotopic (exact) mass is 407 g/mol. The standard InChI is InChI=1S/C21H26ClN3O.ClH/c1-3-16-7-4-6-15(2)21(16)24-20(26)14-25-11-10-23-13-19(25)17-8-5-9-18(22)12-17;/h4-9,12,19,23H,3,10-11,13-14H2,1-2H3,(H,24,26);1H. The highest BCUT2D eigenvalue weighted by Crippen LogP contribution is 2.25. The van der Waals surface area contributed by atoms with Crippen molar-refractivity contribution in [3.05, 3.63) is 64.2 Å². The van der Waals surface area contributed by atoms with E-state index in [4.69, 9.17) is 11.6 Å². The van der Waals surface area contributed by atoms with Crippen LogP contribution in [0.25, 0.3) is 0 Å². The summed E-state index contributed by atoms with van der Waals surface area (Å²) in [6.45, 7) is 7.05. The van der Waals surface area contributed by atoms with E-state index in [0.717, 1.165) is 47.9 Å². The van der Waals surface area contributed by atoms with Gasteiger partial charge in [-0.15, -0.1) is 12.4 Å². The fraction of sp³-hybridized carbons (Fsp3) is 0.381. The van der Waals surface area contributed by atoms with Gasteiger partial charge in [-0.05, 0) is 42.2 Å². The van der Waals surface area contributed by atoms with Crippen molar-refractivity contribution in [1.82, 2.24) is 10.2 Å². The molecule has 0 radical (unpaired) electrons. The highest BCUT2D eigenvalue weighted by atomic mass is 35.5. The highest BCUT2D eigenvalue weighted by Gasteiger charge is 2.26. The van der Waals surface area contributed by atoms with E-state index in [-0.39, 0.29) is 24.4 Å². The summed E-state index contributed by atoms with van der Waals surface area (Å²) in [7, 11) is 0. The van der Waals surface area contributed by atoms with Crippen LogP contribution in [0.2, 0.25) is 5.02 Å². The minimum absolute atomic E-state index is 0. The van der Waals surface area contributed by atoms with Crippen molar-refractivity contribution in [2.45, 2.75) is 26.3 Å². The van der Waals surface area contributed by atoms with Crippen molar-refractivity contribution in [2.75, 3.05) is 31.5 Å². The van der Waals surface area contributed by atoms with E-state index in [1.807, 2.05) is 37.3 Å². The van der Waals surface area contributed by atoms with Gasteiger partial charge in [-0.25, -0.2) is 0 Å². The van der Waals surface area contributed by atoms with Gasteiger partial charge in [-0.3, -0.25) is 9.69 Å². The van der Waals surface area contributed by atoms with Crippen molar-refractivity contribution in [1.29, 1.82) is 0 Å². The maximum absolute atomic E-state index is 12.7. The average molecular weight is 408 g/mol. The number of anilines is 1. The Bertz CT molecular complexity index is 782. The maximum atomic E-state index is 12.7. The molecule has 4 nitrogen and oxygen atoms in total. The van der Waals surface area contributed by atoms with Crippen molar-refractivity contribution in [3.63, 3.8) is 0 Å². The summed E-state index contributed by atoms with van der Waals surface area (Å²) < 4.78 is 0. The number of hydrogen-bond acceptors (Lipinski definition) is 3. The van der Waals surface area contributed by atoms with Gasteiger partial charge in [-0.2, -0.15) is 0 Å². The highest BCUT2D eigenvalue weighted by molar-refractivity contribution is 6.30. The number of carbonyl (C=O) groups is 1. The van der Waals surface area contributed by atoms with Crippen molar-refractivity contribution in [3.8, 4) is 0 Å². The molecule has 146 valence electrons. The topological polar surface area (TPSA) is 44.4 Å². The lowest BCUT2D eigenvalue weighted by molar-refractivity contribution is -0.118. The van der Waals surface area contributed by atoms with Gasteiger partial charge in [-0.1, -0.05) is 48.9 Å². The predicted molar refractivity (Wildman–Crippen MR) is 115 cm³/mol. The molecule has 0 spiro atoms. The molecule has 6 heteroatoms. The molecule has 2 aromatic carbocycles. The van der Waals surface area contributed by atoms with Crippen LogP contribution in [-0.4, -0.2) is 37.0 Å². The van der Waals surface area contributed by atoms with Gasteiger partial charge in [0, 0.05) is 36.4 Å². The molecule has 0 saturated carbocycles. The number of nitrogens with one attached hydrogen (secondary N) is 2. The summed E-state index contributed by atoms with van der Waals surface area (Å²) in [4.78, 5) is 15.0. The number of para-hydroxylation sites is 1. The molecule has 27 heavy (non-hydrogen) atoms. The molecule has 0 bridgehead atoms. The van der Waals surface area contributed by atoms with Crippen LogP contribution in [0.1, 0.15) is 29.7 Å². The summed E-state index contributed by atoms with van der Waals surface area (Å²) in [5, 5.41) is 7.28. The Labute approximate surface area is 172 Å². The molecular weight excluding hydrogens is 381 g/mol. The van der Waals surface area contributed by atoms with E-state index in [0.29, 0.717) is 6.54 Å². The maximum Gasteiger partial charge on any atom is 0.238 e. The van der Waals surface area contributed by atoms with Gasteiger partial charge in [0.1, 0.15) is 0 Å². The number of amides is 1. The zero-order valence-corrected chi connectivity index (χ0v) is 17.4. The molecule has 3 rings (SSSR count). The summed E-state index contributed by atoms with van der Waals surface area (Å²) in [5.41, 5.74) is 4.37. The van der Waals surface area contributed by atoms with Crippen molar-refractivity contribution in [2.24, 2.45) is 0 Å². The predicted octanol–water partition coefficient (Wildman–Crippen LogP) is 4.22. The second-order valence-electron chi connectivity index (χ2n) is 6.76. The van der Waals surface area contributed by atoms with E-state index in [1.54, 1.807) is 0 Å². The minimum Gasteiger partial charge on any atom is -0.324 e. The number of rotatable bonds is 5. The molecule has 2 N–H and O–H groups in total. The molecule has 1 amide bonds. The van der Waals surface area contributed by atoms with Gasteiger partial charge in [0.05, 0.1) is 6.54 Å². The fourth-order valence-electron chi connectivity index (χ4n) is 3.54. The van der Waals surface area contributed by atoms with E-state index in [1.165, 1.54) is 5.56 Å². The lowest BCUT2D eigenvalue weighted by Gasteiger charge is -2.36. The first-order valence-electron chi connectivity index (χ1n) is 9.17. The third-order valence-electron chi connectivity index (χ3n) is 4.94. The molecular formula is C21H27Cl2N3O. The Morgan fingerprint density at radius 2 is 2.07 bits per heavy atom. The molecule has 1 heterocycles. The number of benzene rings is 2. The van der Waals surface area contributed by atoms with Gasteiger partial charge in [0.2, 0.25) is 5.91 Å². The van der Waals surface area contributed by atoms with E-state index < -0.39 is 0 Å². The first kappa shape index (κ1) is 21.7. The second-order valence-corrected chi connectivity index (χ2v) is 7.19. The van der Waals surface area contributed by atoms with Crippen LogP contribution in [0, 0.1) is 6.92 Å². The Morgan fingerprint density at radius 3 is 2.81 bits per heavy atom. The van der Waals surface area contributed by atoms with Crippen molar-refractivity contribution >= 4 is 35.6 Å². The van der Waals surface area contributed by atoms with Crippen LogP contribution in [0.4, 0.5) is 5.69 Å². The Kier molecular flexibility index (Phi) is 8.11. The number of aryl methyl sites for hydroxylation is 2. The zero-order valence-electron chi connectivity index (χ0n) is 15.8. The van der Waals surface area contributed by atoms with Crippen LogP contribution < -0.4 is 10.6 Å². The van der Waals surface area contributed by atoms with Crippen LogP contribution in [0.5, 0.6) is 0 Å². The molecule has 1 fully saturated rings. The zero-order chi connectivity index (χ0) is 18.5. The third-order valence-corrected chi connectivity index (χ3v) is 5.17. The molecule has 0 aliphatic carbocycles. The molecule has 1 atom stereocenters. The summed E-state index contributed by atoms with van der Waals surface area (Å²) >= 11 is 6.16. The third kappa shape index (κ3) is 5.45. The number of piperazine rings is 1. The van der Waals surface area contributed by atoms with Gasteiger partial charge in [0.15, 0.2) is 0 Å². The second kappa shape index (κ2) is 10.1. The summed E-state index contributed by atoms with van der Waals surface area (Å²) in [6, 6.07) is 14.2. The van der Waals surface area contributed by atoms with Gasteiger partial charge >= 0.3 is 0 Å². The van der Waals surface area contributed by atoms with Crippen LogP contribution in [-0.2, 0) is 11.2 Å². The lowest BCUT2D eigenvalue weighted by atomic mass is 10.0. The van der Waals surface area contributed by atoms with Gasteiger partial charge < -0.3 is 10.6 Å². The molecule has 1 aliphatic rings. The molecule has 1 unspecified atom stereocenters. The van der Waals surface area contributed by atoms with Crippen LogP contribution in [0.3, 0.4) is 0 Å². The van der Waals surface area contributed by atoms with E-state index in [9.17, 15) is 4.79 Å². The summed E-state index contributed by atoms with van der Waals surface area (Å²) in [5.74, 6) is 0.0305. The Morgan fingerprint density at radius 1 is 1.30 bits per heavy atom. The normalized spacial score (nSPS) is 17.2. The first-order valence-corrected chi connectivity index (χ1v) is 9.55. The largest absolute Gasteiger partial charge is 0.324 e. The quantitative estimate of drug-likeness (QED) is 0.779. The number of carbonyl (C=O) groups excluding carboxylic acids is 1. The van der Waals surface area contributed by atoms with Crippen molar-refractivity contribution < 1.29 is 4.79 Å². The smallest absolute Gasteiger partial charge is 0.238 e.